The molecule has 4 heteroatoms. The zero-order valence-corrected chi connectivity index (χ0v) is 6.75. The van der Waals surface area contributed by atoms with Crippen LogP contribution < -0.4 is 0 Å². The highest BCUT2D eigenvalue weighted by atomic mass is 32.2. The Balaban J connectivity index is 2.31. The van der Waals surface area contributed by atoms with Gasteiger partial charge in [0.2, 0.25) is 0 Å². The van der Waals surface area contributed by atoms with Gasteiger partial charge in [-0.05, 0) is 0 Å². The summed E-state index contributed by atoms with van der Waals surface area (Å²) in [5, 5.41) is 0.212. The second-order valence-corrected chi connectivity index (χ2v) is 3.32. The highest BCUT2D eigenvalue weighted by Gasteiger charge is 2.19. The van der Waals surface area contributed by atoms with Crippen molar-refractivity contribution in [3.8, 4) is 0 Å². The number of carbonyl (C=O) groups excluding carboxylic acids is 1. The molecule has 52 valence electrons. The van der Waals surface area contributed by atoms with E-state index in [9.17, 15) is 4.79 Å². The van der Waals surface area contributed by atoms with Gasteiger partial charge in [-0.2, -0.15) is 12.6 Å². The molecule has 9 heavy (non-hydrogen) atoms. The normalized spacial score (nSPS) is 19.2. The average Bonchev–Trinajstić information content (AvgIpc) is 2.18. The van der Waals surface area contributed by atoms with Crippen LogP contribution >= 0.6 is 24.4 Å². The molecule has 1 heterocycles. The Kier molecular flexibility index (Phi) is 2.72. The van der Waals surface area contributed by atoms with Crippen LogP contribution in [-0.4, -0.2) is 34.7 Å². The predicted octanol–water partition coefficient (Wildman–Crippen LogP) is 1.08. The van der Waals surface area contributed by atoms with Crippen LogP contribution in [0.4, 0.5) is 4.79 Å². The lowest BCUT2D eigenvalue weighted by atomic mass is 10.6. The van der Waals surface area contributed by atoms with Gasteiger partial charge in [0.05, 0.1) is 0 Å². The molecule has 1 saturated heterocycles. The Morgan fingerprint density at radius 2 is 2.56 bits per heavy atom. The summed E-state index contributed by atoms with van der Waals surface area (Å²) in [5.41, 5.74) is 0. The highest BCUT2D eigenvalue weighted by molar-refractivity contribution is 8.13. The predicted molar refractivity (Wildman–Crippen MR) is 43.3 cm³/mol. The van der Waals surface area contributed by atoms with Crippen LogP contribution in [0.25, 0.3) is 0 Å². The molecule has 0 N–H and O–H groups in total. The molecule has 0 aromatic rings. The van der Waals surface area contributed by atoms with Gasteiger partial charge < -0.3 is 4.90 Å². The average molecular weight is 163 g/mol. The van der Waals surface area contributed by atoms with Gasteiger partial charge in [0.1, 0.15) is 0 Å². The molecule has 2 nitrogen and oxygen atoms in total. The largest absolute Gasteiger partial charge is 0.332 e. The first kappa shape index (κ1) is 7.28. The Hall–Kier alpha value is 0.170. The molecular formula is C5H9NOS2. The Morgan fingerprint density at radius 1 is 1.78 bits per heavy atom. The van der Waals surface area contributed by atoms with E-state index in [1.807, 2.05) is 4.90 Å². The number of carbonyl (C=O) groups is 1. The van der Waals surface area contributed by atoms with Gasteiger partial charge in [-0.15, -0.1) is 0 Å². The standard InChI is InChI=1S/C5H9NOS2/c7-5-6(1-3-8)2-4-9-5/h8H,1-4H2. The lowest BCUT2D eigenvalue weighted by Gasteiger charge is -2.10. The van der Waals surface area contributed by atoms with E-state index in [0.717, 1.165) is 24.6 Å². The van der Waals surface area contributed by atoms with E-state index in [-0.39, 0.29) is 5.24 Å². The van der Waals surface area contributed by atoms with Gasteiger partial charge in [-0.1, -0.05) is 11.8 Å². The Morgan fingerprint density at radius 3 is 3.00 bits per heavy atom. The number of nitrogens with zero attached hydrogens (tertiary/aromatic N) is 1. The number of hydrogen-bond donors (Lipinski definition) is 1. The fraction of sp³-hybridized carbons (Fsp3) is 0.800. The van der Waals surface area contributed by atoms with E-state index in [4.69, 9.17) is 0 Å². The quantitative estimate of drug-likeness (QED) is 0.615. The molecule has 1 amide bonds. The summed E-state index contributed by atoms with van der Waals surface area (Å²) in [6, 6.07) is 0. The summed E-state index contributed by atoms with van der Waals surface area (Å²) in [6.45, 7) is 1.71. The summed E-state index contributed by atoms with van der Waals surface area (Å²) in [7, 11) is 0. The molecule has 0 aromatic heterocycles. The molecule has 1 fully saturated rings. The van der Waals surface area contributed by atoms with E-state index in [1.165, 1.54) is 11.8 Å². The molecule has 0 aliphatic carbocycles. The minimum Gasteiger partial charge on any atom is -0.332 e. The number of hydrogen-bond acceptors (Lipinski definition) is 3. The monoisotopic (exact) mass is 163 g/mol. The van der Waals surface area contributed by atoms with Crippen molar-refractivity contribution in [3.05, 3.63) is 0 Å². The molecule has 1 rings (SSSR count). The van der Waals surface area contributed by atoms with Gasteiger partial charge in [0, 0.05) is 24.6 Å². The van der Waals surface area contributed by atoms with Crippen LogP contribution in [0.5, 0.6) is 0 Å². The molecule has 0 atom stereocenters. The maximum atomic E-state index is 10.8. The van der Waals surface area contributed by atoms with E-state index in [2.05, 4.69) is 12.6 Å². The number of amides is 1. The van der Waals surface area contributed by atoms with Crippen LogP contribution in [0.15, 0.2) is 0 Å². The minimum atomic E-state index is 0.212. The lowest BCUT2D eigenvalue weighted by molar-refractivity contribution is 0.232. The minimum absolute atomic E-state index is 0.212. The van der Waals surface area contributed by atoms with Crippen molar-refractivity contribution >= 4 is 29.6 Å². The maximum Gasteiger partial charge on any atom is 0.281 e. The third kappa shape index (κ3) is 1.79. The van der Waals surface area contributed by atoms with E-state index in [1.54, 1.807) is 0 Å². The first-order chi connectivity index (χ1) is 4.34. The fourth-order valence-corrected chi connectivity index (χ4v) is 1.84. The summed E-state index contributed by atoms with van der Waals surface area (Å²) in [6.07, 6.45) is 0. The van der Waals surface area contributed by atoms with Crippen LogP contribution in [0.2, 0.25) is 0 Å². The Bertz CT molecular complexity index is 118. The second-order valence-electron chi connectivity index (χ2n) is 1.83. The number of rotatable bonds is 2. The van der Waals surface area contributed by atoms with Crippen LogP contribution in [0.1, 0.15) is 0 Å². The van der Waals surface area contributed by atoms with E-state index < -0.39 is 0 Å². The molecule has 1 aliphatic rings. The van der Waals surface area contributed by atoms with Gasteiger partial charge in [0.25, 0.3) is 5.24 Å². The number of thioether (sulfide) groups is 1. The molecule has 0 spiro atoms. The van der Waals surface area contributed by atoms with Crippen molar-refractivity contribution in [2.45, 2.75) is 0 Å². The zero-order valence-electron chi connectivity index (χ0n) is 5.04. The summed E-state index contributed by atoms with van der Waals surface area (Å²) in [5.74, 6) is 1.72. The van der Waals surface area contributed by atoms with Crippen molar-refractivity contribution in [1.29, 1.82) is 0 Å². The summed E-state index contributed by atoms with van der Waals surface area (Å²) >= 11 is 5.43. The van der Waals surface area contributed by atoms with Crippen LogP contribution in [0.3, 0.4) is 0 Å². The second kappa shape index (κ2) is 3.37. The molecule has 0 unspecified atom stereocenters. The Labute approximate surface area is 64.4 Å². The number of thiol groups is 1. The molecule has 1 aliphatic heterocycles. The summed E-state index contributed by atoms with van der Waals surface area (Å²) in [4.78, 5) is 12.7. The molecule has 0 saturated carbocycles. The fourth-order valence-electron chi connectivity index (χ4n) is 0.750. The van der Waals surface area contributed by atoms with Crippen LogP contribution in [-0.2, 0) is 0 Å². The van der Waals surface area contributed by atoms with Crippen molar-refractivity contribution < 1.29 is 4.79 Å². The van der Waals surface area contributed by atoms with Gasteiger partial charge in [-0.3, -0.25) is 4.79 Å². The zero-order chi connectivity index (χ0) is 6.69. The van der Waals surface area contributed by atoms with Gasteiger partial charge in [-0.25, -0.2) is 0 Å². The highest BCUT2D eigenvalue weighted by Crippen LogP contribution is 2.16. The summed E-state index contributed by atoms with van der Waals surface area (Å²) < 4.78 is 0. The third-order valence-electron chi connectivity index (χ3n) is 1.21. The molecule has 0 bridgehead atoms. The van der Waals surface area contributed by atoms with Crippen molar-refractivity contribution in [1.82, 2.24) is 4.90 Å². The van der Waals surface area contributed by atoms with E-state index in [0.29, 0.717) is 0 Å². The van der Waals surface area contributed by atoms with Crippen LogP contribution in [0, 0.1) is 0 Å². The van der Waals surface area contributed by atoms with E-state index >= 15 is 0 Å². The van der Waals surface area contributed by atoms with Crippen molar-refractivity contribution in [3.63, 3.8) is 0 Å². The molecular weight excluding hydrogens is 154 g/mol. The molecule has 0 aromatic carbocycles. The third-order valence-corrected chi connectivity index (χ3v) is 2.31. The maximum absolute atomic E-state index is 10.8. The van der Waals surface area contributed by atoms with Gasteiger partial charge >= 0.3 is 0 Å². The lowest BCUT2D eigenvalue weighted by Crippen LogP contribution is -2.25. The SMILES string of the molecule is O=C1SCCN1CCS. The topological polar surface area (TPSA) is 20.3 Å². The first-order valence-corrected chi connectivity index (χ1v) is 4.49. The first-order valence-electron chi connectivity index (χ1n) is 2.87. The smallest absolute Gasteiger partial charge is 0.281 e. The van der Waals surface area contributed by atoms with Crippen molar-refractivity contribution in [2.24, 2.45) is 0 Å². The van der Waals surface area contributed by atoms with Gasteiger partial charge in [0.15, 0.2) is 0 Å². The van der Waals surface area contributed by atoms with Crippen molar-refractivity contribution in [2.75, 3.05) is 24.6 Å². The molecule has 0 radical (unpaired) electrons.